The highest BCUT2D eigenvalue weighted by Gasteiger charge is 2.28. The number of H-pyrrole nitrogens is 1. The number of rotatable bonds is 10. The van der Waals surface area contributed by atoms with Crippen LogP contribution in [0.25, 0.3) is 0 Å². The van der Waals surface area contributed by atoms with Crippen LogP contribution in [0.15, 0.2) is 36.8 Å². The average molecular weight is 421 g/mol. The maximum atomic E-state index is 12.8. The third-order valence-electron chi connectivity index (χ3n) is 4.14. The molecular formula is C18H23N5O5S. The molecule has 0 saturated heterocycles. The summed E-state index contributed by atoms with van der Waals surface area (Å²) in [6, 6.07) is 2.77. The summed E-state index contributed by atoms with van der Waals surface area (Å²) < 4.78 is 0. The highest BCUT2D eigenvalue weighted by molar-refractivity contribution is 7.80. The van der Waals surface area contributed by atoms with E-state index >= 15 is 0 Å². The molecule has 0 aliphatic rings. The van der Waals surface area contributed by atoms with Crippen molar-refractivity contribution in [1.29, 1.82) is 0 Å². The van der Waals surface area contributed by atoms with Crippen molar-refractivity contribution in [2.45, 2.75) is 31.0 Å². The molecule has 0 aliphatic carbocycles. The second-order valence-electron chi connectivity index (χ2n) is 6.40. The third-order valence-corrected chi connectivity index (χ3v) is 4.53. The zero-order valence-corrected chi connectivity index (χ0v) is 16.3. The first-order chi connectivity index (χ1) is 13.8. The highest BCUT2D eigenvalue weighted by Crippen LogP contribution is 2.12. The van der Waals surface area contributed by atoms with E-state index in [4.69, 9.17) is 5.73 Å². The Kier molecular flexibility index (Phi) is 8.04. The van der Waals surface area contributed by atoms with Gasteiger partial charge in [0, 0.05) is 30.5 Å². The van der Waals surface area contributed by atoms with E-state index < -0.39 is 35.9 Å². The molecule has 0 unspecified atom stereocenters. The van der Waals surface area contributed by atoms with Crippen molar-refractivity contribution in [1.82, 2.24) is 20.6 Å². The average Bonchev–Trinajstić information content (AvgIpc) is 3.20. The largest absolute Gasteiger partial charge is 0.508 e. The summed E-state index contributed by atoms with van der Waals surface area (Å²) in [5.74, 6) is -2.35. The van der Waals surface area contributed by atoms with Crippen molar-refractivity contribution < 1.29 is 24.6 Å². The molecule has 2 amide bonds. The smallest absolute Gasteiger partial charge is 0.326 e. The van der Waals surface area contributed by atoms with Gasteiger partial charge in [-0.1, -0.05) is 12.1 Å². The van der Waals surface area contributed by atoms with Crippen LogP contribution in [0, 0.1) is 0 Å². The van der Waals surface area contributed by atoms with Crippen molar-refractivity contribution in [2.75, 3.05) is 5.75 Å². The summed E-state index contributed by atoms with van der Waals surface area (Å²) in [7, 11) is 0. The standard InChI is InChI=1S/C18H23N5O5S/c19-13(8-29)16(25)22-14(6-11-7-20-9-21-11)17(26)23-15(18(27)28)5-10-1-3-12(24)4-2-10/h1-4,7,9,13-15,24,29H,5-6,8,19H2,(H,20,21)(H,22,25)(H,23,26)(H,27,28)/t13-,14-,15-/m0/s1. The number of phenolic OH excluding ortho intramolecular Hbond substituents is 1. The van der Waals surface area contributed by atoms with Crippen LogP contribution in [0.5, 0.6) is 5.75 Å². The van der Waals surface area contributed by atoms with Gasteiger partial charge in [-0.15, -0.1) is 0 Å². The number of amides is 2. The number of carbonyl (C=O) groups is 3. The number of aliphatic carboxylic acids is 1. The van der Waals surface area contributed by atoms with E-state index in [1.807, 2.05) is 0 Å². The number of aromatic amines is 1. The molecule has 0 radical (unpaired) electrons. The molecule has 1 aromatic carbocycles. The van der Waals surface area contributed by atoms with Gasteiger partial charge in [-0.05, 0) is 17.7 Å². The Morgan fingerprint density at radius 3 is 2.31 bits per heavy atom. The number of benzene rings is 1. The number of carboxylic acid groups (broad SMARTS) is 1. The van der Waals surface area contributed by atoms with E-state index in [2.05, 4.69) is 33.2 Å². The maximum Gasteiger partial charge on any atom is 0.326 e. The van der Waals surface area contributed by atoms with Gasteiger partial charge in [0.15, 0.2) is 0 Å². The summed E-state index contributed by atoms with van der Waals surface area (Å²) in [5, 5.41) is 23.8. The predicted molar refractivity (Wildman–Crippen MR) is 107 cm³/mol. The van der Waals surface area contributed by atoms with Crippen LogP contribution in [0.4, 0.5) is 0 Å². The number of aromatic nitrogens is 2. The van der Waals surface area contributed by atoms with E-state index in [1.54, 1.807) is 12.1 Å². The SMILES string of the molecule is N[C@@H](CS)C(=O)N[C@@H](Cc1cnc[nH]1)C(=O)N[C@@H](Cc1ccc(O)cc1)C(=O)O. The molecule has 0 fully saturated rings. The predicted octanol–water partition coefficient (Wildman–Crippen LogP) is -0.788. The lowest BCUT2D eigenvalue weighted by atomic mass is 10.0. The minimum absolute atomic E-state index is 0.00221. The Labute approximate surface area is 172 Å². The molecule has 0 bridgehead atoms. The number of aromatic hydroxyl groups is 1. The number of carbonyl (C=O) groups excluding carboxylic acids is 2. The fraction of sp³-hybridized carbons (Fsp3) is 0.333. The van der Waals surface area contributed by atoms with Gasteiger partial charge >= 0.3 is 5.97 Å². The molecule has 7 N–H and O–H groups in total. The minimum atomic E-state index is -1.23. The number of thiol groups is 1. The number of nitrogens with two attached hydrogens (primary N) is 1. The topological polar surface area (TPSA) is 170 Å². The van der Waals surface area contributed by atoms with E-state index in [9.17, 15) is 24.6 Å². The van der Waals surface area contributed by atoms with Crippen LogP contribution in [-0.4, -0.2) is 61.8 Å². The molecule has 156 valence electrons. The highest BCUT2D eigenvalue weighted by atomic mass is 32.1. The Bertz CT molecular complexity index is 828. The number of carboxylic acids is 1. The van der Waals surface area contributed by atoms with Crippen molar-refractivity contribution in [3.8, 4) is 5.75 Å². The van der Waals surface area contributed by atoms with Crippen LogP contribution in [-0.2, 0) is 27.2 Å². The number of phenols is 1. The first-order valence-electron chi connectivity index (χ1n) is 8.75. The first kappa shape index (κ1) is 22.2. The van der Waals surface area contributed by atoms with Gasteiger partial charge in [-0.3, -0.25) is 9.59 Å². The third kappa shape index (κ3) is 6.80. The van der Waals surface area contributed by atoms with Gasteiger partial charge in [0.1, 0.15) is 17.8 Å². The van der Waals surface area contributed by atoms with Gasteiger partial charge in [0.2, 0.25) is 11.8 Å². The van der Waals surface area contributed by atoms with E-state index in [0.717, 1.165) is 0 Å². The molecule has 29 heavy (non-hydrogen) atoms. The second-order valence-corrected chi connectivity index (χ2v) is 6.77. The molecule has 1 heterocycles. The van der Waals surface area contributed by atoms with Crippen molar-refractivity contribution in [2.24, 2.45) is 5.73 Å². The van der Waals surface area contributed by atoms with Crippen molar-refractivity contribution in [3.63, 3.8) is 0 Å². The lowest BCUT2D eigenvalue weighted by Gasteiger charge is -2.22. The van der Waals surface area contributed by atoms with E-state index in [-0.39, 0.29) is 24.3 Å². The molecular weight excluding hydrogens is 398 g/mol. The van der Waals surface area contributed by atoms with Crippen molar-refractivity contribution >= 4 is 30.4 Å². The maximum absolute atomic E-state index is 12.8. The van der Waals surface area contributed by atoms with Gasteiger partial charge < -0.3 is 31.6 Å². The number of hydrogen-bond acceptors (Lipinski definition) is 7. The number of imidazole rings is 1. The van der Waals surface area contributed by atoms with Gasteiger partial charge in [-0.2, -0.15) is 12.6 Å². The minimum Gasteiger partial charge on any atom is -0.508 e. The van der Waals surface area contributed by atoms with Crippen LogP contribution in [0.2, 0.25) is 0 Å². The summed E-state index contributed by atoms with van der Waals surface area (Å²) >= 11 is 3.97. The molecule has 10 nitrogen and oxygen atoms in total. The summed E-state index contributed by atoms with van der Waals surface area (Å²) in [5.41, 5.74) is 6.84. The molecule has 11 heteroatoms. The summed E-state index contributed by atoms with van der Waals surface area (Å²) in [4.78, 5) is 43.2. The molecule has 3 atom stereocenters. The first-order valence-corrected chi connectivity index (χ1v) is 9.38. The Hall–Kier alpha value is -3.05. The van der Waals surface area contributed by atoms with Gasteiger partial charge in [-0.25, -0.2) is 9.78 Å². The Morgan fingerprint density at radius 2 is 1.76 bits per heavy atom. The van der Waals surface area contributed by atoms with E-state index in [1.165, 1.54) is 24.7 Å². The lowest BCUT2D eigenvalue weighted by Crippen LogP contribution is -2.55. The number of nitrogens with one attached hydrogen (secondary N) is 3. The summed E-state index contributed by atoms with van der Waals surface area (Å²) in [6.07, 6.45) is 3.00. The molecule has 1 aromatic heterocycles. The quantitative estimate of drug-likeness (QED) is 0.246. The monoisotopic (exact) mass is 421 g/mol. The fourth-order valence-corrected chi connectivity index (χ4v) is 2.69. The second kappa shape index (κ2) is 10.5. The normalized spacial score (nSPS) is 13.9. The Morgan fingerprint density at radius 1 is 1.10 bits per heavy atom. The van der Waals surface area contributed by atoms with Crippen LogP contribution < -0.4 is 16.4 Å². The zero-order valence-electron chi connectivity index (χ0n) is 15.4. The Balaban J connectivity index is 2.12. The summed E-state index contributed by atoms with van der Waals surface area (Å²) in [6.45, 7) is 0. The van der Waals surface area contributed by atoms with Crippen LogP contribution in [0.3, 0.4) is 0 Å². The molecule has 0 saturated carbocycles. The van der Waals surface area contributed by atoms with Gasteiger partial charge in [0.25, 0.3) is 0 Å². The number of hydrogen-bond donors (Lipinski definition) is 7. The van der Waals surface area contributed by atoms with Crippen LogP contribution >= 0.6 is 12.6 Å². The lowest BCUT2D eigenvalue weighted by molar-refractivity contribution is -0.142. The fourth-order valence-electron chi connectivity index (χ4n) is 2.53. The molecule has 0 spiro atoms. The number of nitrogens with zero attached hydrogens (tertiary/aromatic N) is 1. The van der Waals surface area contributed by atoms with Crippen molar-refractivity contribution in [3.05, 3.63) is 48.0 Å². The van der Waals surface area contributed by atoms with Crippen LogP contribution in [0.1, 0.15) is 11.3 Å². The zero-order chi connectivity index (χ0) is 21.4. The molecule has 2 rings (SSSR count). The molecule has 0 aliphatic heterocycles. The molecule has 2 aromatic rings. The van der Waals surface area contributed by atoms with Gasteiger partial charge in [0.05, 0.1) is 12.4 Å². The van der Waals surface area contributed by atoms with E-state index in [0.29, 0.717) is 11.3 Å².